The van der Waals surface area contributed by atoms with Crippen LogP contribution in [0.4, 0.5) is 0 Å². The van der Waals surface area contributed by atoms with Crippen molar-refractivity contribution in [1.82, 2.24) is 10.4 Å². The number of aryl methyl sites for hydroxylation is 2. The average Bonchev–Trinajstić information content (AvgIpc) is 2.52. The Labute approximate surface area is 169 Å². The Hall–Kier alpha value is -1.89. The molecule has 4 nitrogen and oxygen atoms in total. The highest BCUT2D eigenvalue weighted by atomic mass is 127. The van der Waals surface area contributed by atoms with Gasteiger partial charge in [-0.15, -0.1) is 0 Å². The molecule has 0 fully saturated rings. The lowest BCUT2D eigenvalue weighted by atomic mass is 10.0. The van der Waals surface area contributed by atoms with Gasteiger partial charge in [-0.2, -0.15) is 0 Å². The number of benzene rings is 2. The molecular formula is C21H25IN2O2. The van der Waals surface area contributed by atoms with Crippen LogP contribution in [-0.2, 0) is 0 Å². The predicted molar refractivity (Wildman–Crippen MR) is 113 cm³/mol. The molecule has 0 spiro atoms. The molecule has 1 N–H and O–H groups in total. The highest BCUT2D eigenvalue weighted by Gasteiger charge is 2.30. The van der Waals surface area contributed by atoms with E-state index < -0.39 is 5.54 Å². The second kappa shape index (κ2) is 7.78. The first-order valence-electron chi connectivity index (χ1n) is 8.49. The fourth-order valence-corrected chi connectivity index (χ4v) is 3.25. The molecule has 26 heavy (non-hydrogen) atoms. The van der Waals surface area contributed by atoms with Crippen LogP contribution in [0.1, 0.15) is 58.2 Å². The van der Waals surface area contributed by atoms with E-state index in [9.17, 15) is 9.59 Å². The van der Waals surface area contributed by atoms with Crippen LogP contribution < -0.4 is 5.43 Å². The minimum Gasteiger partial charge on any atom is -0.267 e. The summed E-state index contributed by atoms with van der Waals surface area (Å²) in [5.41, 5.74) is 6.31. The molecule has 0 saturated carbocycles. The first kappa shape index (κ1) is 20.4. The van der Waals surface area contributed by atoms with E-state index in [1.807, 2.05) is 71.9 Å². The molecule has 5 heteroatoms. The van der Waals surface area contributed by atoms with E-state index >= 15 is 0 Å². The van der Waals surface area contributed by atoms with Crippen molar-refractivity contribution in [3.8, 4) is 0 Å². The number of rotatable bonds is 2. The Morgan fingerprint density at radius 2 is 1.58 bits per heavy atom. The summed E-state index contributed by atoms with van der Waals surface area (Å²) >= 11 is 2.21. The van der Waals surface area contributed by atoms with E-state index in [0.717, 1.165) is 20.3 Å². The SMILES string of the molecule is Cc1cc(C)cc(C(=O)NN(C(=O)c2cccc(I)c2C)C(C)(C)C)c1. The second-order valence-electron chi connectivity index (χ2n) is 7.54. The number of carbonyl (C=O) groups is 2. The lowest BCUT2D eigenvalue weighted by Crippen LogP contribution is -2.56. The van der Waals surface area contributed by atoms with Gasteiger partial charge in [0.05, 0.1) is 5.54 Å². The van der Waals surface area contributed by atoms with E-state index in [1.54, 1.807) is 6.07 Å². The Kier molecular flexibility index (Phi) is 6.11. The zero-order valence-electron chi connectivity index (χ0n) is 16.1. The van der Waals surface area contributed by atoms with Crippen LogP contribution >= 0.6 is 22.6 Å². The van der Waals surface area contributed by atoms with Gasteiger partial charge >= 0.3 is 0 Å². The maximum Gasteiger partial charge on any atom is 0.273 e. The minimum absolute atomic E-state index is 0.216. The zero-order chi connectivity index (χ0) is 19.6. The predicted octanol–water partition coefficient (Wildman–Crippen LogP) is 4.80. The first-order valence-corrected chi connectivity index (χ1v) is 9.57. The number of carbonyl (C=O) groups excluding carboxylic acids is 2. The van der Waals surface area contributed by atoms with E-state index in [1.165, 1.54) is 5.01 Å². The van der Waals surface area contributed by atoms with Gasteiger partial charge in [0.2, 0.25) is 0 Å². The van der Waals surface area contributed by atoms with Gasteiger partial charge in [0.15, 0.2) is 0 Å². The Balaban J connectivity index is 2.38. The van der Waals surface area contributed by atoms with Crippen molar-refractivity contribution < 1.29 is 9.59 Å². The molecule has 0 atom stereocenters. The number of hydrogen-bond acceptors (Lipinski definition) is 2. The summed E-state index contributed by atoms with van der Waals surface area (Å²) in [4.78, 5) is 26.0. The van der Waals surface area contributed by atoms with Crippen LogP contribution in [0.15, 0.2) is 36.4 Å². The molecule has 2 aromatic rings. The van der Waals surface area contributed by atoms with Crippen LogP contribution in [0.3, 0.4) is 0 Å². The molecule has 0 aliphatic rings. The Bertz CT molecular complexity index is 833. The maximum absolute atomic E-state index is 13.2. The standard InChI is InChI=1S/C21H25IN2O2/c1-13-10-14(2)12-16(11-13)19(25)23-24(21(4,5)6)20(26)17-8-7-9-18(22)15(17)3/h7-12H,1-6H3,(H,23,25). The van der Waals surface area contributed by atoms with Crippen molar-refractivity contribution in [1.29, 1.82) is 0 Å². The summed E-state index contributed by atoms with van der Waals surface area (Å²) in [5.74, 6) is -0.505. The summed E-state index contributed by atoms with van der Waals surface area (Å²) in [5, 5.41) is 1.42. The third-order valence-electron chi connectivity index (χ3n) is 4.07. The second-order valence-corrected chi connectivity index (χ2v) is 8.70. The number of nitrogens with zero attached hydrogens (tertiary/aromatic N) is 1. The van der Waals surface area contributed by atoms with Crippen molar-refractivity contribution in [2.45, 2.75) is 47.1 Å². The lowest BCUT2D eigenvalue weighted by molar-refractivity contribution is 0.0358. The van der Waals surface area contributed by atoms with Crippen LogP contribution in [0.25, 0.3) is 0 Å². The highest BCUT2D eigenvalue weighted by Crippen LogP contribution is 2.21. The average molecular weight is 464 g/mol. The number of amides is 2. The van der Waals surface area contributed by atoms with Crippen LogP contribution in [0.2, 0.25) is 0 Å². The third-order valence-corrected chi connectivity index (χ3v) is 5.24. The van der Waals surface area contributed by atoms with Gasteiger partial charge in [-0.25, -0.2) is 5.01 Å². The van der Waals surface area contributed by atoms with Gasteiger partial charge < -0.3 is 0 Å². The van der Waals surface area contributed by atoms with Gasteiger partial charge in [0, 0.05) is 14.7 Å². The molecule has 0 heterocycles. The Morgan fingerprint density at radius 1 is 1.00 bits per heavy atom. The van der Waals surface area contributed by atoms with Crippen LogP contribution in [-0.4, -0.2) is 22.4 Å². The molecular weight excluding hydrogens is 439 g/mol. The molecule has 2 rings (SSSR count). The smallest absolute Gasteiger partial charge is 0.267 e. The van der Waals surface area contributed by atoms with Crippen molar-refractivity contribution in [2.75, 3.05) is 0 Å². The molecule has 0 radical (unpaired) electrons. The molecule has 2 amide bonds. The monoisotopic (exact) mass is 464 g/mol. The Morgan fingerprint density at radius 3 is 2.12 bits per heavy atom. The van der Waals surface area contributed by atoms with Gasteiger partial charge in [-0.1, -0.05) is 23.3 Å². The van der Waals surface area contributed by atoms with Gasteiger partial charge in [0.1, 0.15) is 0 Å². The molecule has 0 unspecified atom stereocenters. The summed E-state index contributed by atoms with van der Waals surface area (Å²) in [6.45, 7) is 11.5. The van der Waals surface area contributed by atoms with Gasteiger partial charge in [-0.05, 0) is 94.0 Å². The maximum atomic E-state index is 13.2. The third kappa shape index (κ3) is 4.63. The summed E-state index contributed by atoms with van der Waals surface area (Å²) in [7, 11) is 0. The molecule has 2 aromatic carbocycles. The summed E-state index contributed by atoms with van der Waals surface area (Å²) in [6.07, 6.45) is 0. The zero-order valence-corrected chi connectivity index (χ0v) is 18.3. The number of halogens is 1. The largest absolute Gasteiger partial charge is 0.273 e. The fourth-order valence-electron chi connectivity index (χ4n) is 2.75. The van der Waals surface area contributed by atoms with Crippen LogP contribution in [0, 0.1) is 24.3 Å². The topological polar surface area (TPSA) is 49.4 Å². The van der Waals surface area contributed by atoms with Crippen molar-refractivity contribution >= 4 is 34.4 Å². The summed E-state index contributed by atoms with van der Waals surface area (Å²) in [6, 6.07) is 11.3. The molecule has 138 valence electrons. The van der Waals surface area contributed by atoms with Crippen LogP contribution in [0.5, 0.6) is 0 Å². The van der Waals surface area contributed by atoms with Crippen molar-refractivity contribution in [3.05, 3.63) is 67.8 Å². The molecule has 0 aliphatic heterocycles. The summed E-state index contributed by atoms with van der Waals surface area (Å²) < 4.78 is 1.02. The number of hydrogen-bond donors (Lipinski definition) is 1. The molecule has 0 aliphatic carbocycles. The molecule has 0 saturated heterocycles. The van der Waals surface area contributed by atoms with E-state index in [0.29, 0.717) is 11.1 Å². The first-order chi connectivity index (χ1) is 12.0. The normalized spacial score (nSPS) is 11.2. The van der Waals surface area contributed by atoms with E-state index in [2.05, 4.69) is 28.0 Å². The quantitative estimate of drug-likeness (QED) is 0.513. The molecule has 0 aromatic heterocycles. The van der Waals surface area contributed by atoms with Crippen molar-refractivity contribution in [2.24, 2.45) is 0 Å². The van der Waals surface area contributed by atoms with E-state index in [4.69, 9.17) is 0 Å². The van der Waals surface area contributed by atoms with Crippen molar-refractivity contribution in [3.63, 3.8) is 0 Å². The van der Waals surface area contributed by atoms with Gasteiger partial charge in [-0.3, -0.25) is 15.0 Å². The van der Waals surface area contributed by atoms with E-state index in [-0.39, 0.29) is 11.8 Å². The number of nitrogens with one attached hydrogen (secondary N) is 1. The minimum atomic E-state index is -0.570. The lowest BCUT2D eigenvalue weighted by Gasteiger charge is -2.36. The highest BCUT2D eigenvalue weighted by molar-refractivity contribution is 14.1. The van der Waals surface area contributed by atoms with Gasteiger partial charge in [0.25, 0.3) is 11.8 Å². The number of hydrazine groups is 1. The fraction of sp³-hybridized carbons (Fsp3) is 0.333. The molecule has 0 bridgehead atoms.